The lowest BCUT2D eigenvalue weighted by atomic mass is 10.1. The molecule has 0 saturated carbocycles. The van der Waals surface area contributed by atoms with Gasteiger partial charge in [0.15, 0.2) is 0 Å². The third-order valence-corrected chi connectivity index (χ3v) is 4.57. The van der Waals surface area contributed by atoms with E-state index in [4.69, 9.17) is 4.74 Å². The predicted octanol–water partition coefficient (Wildman–Crippen LogP) is 0.861. The number of aliphatic hydroxyl groups excluding tert-OH is 1. The molecule has 5 heteroatoms. The molecule has 0 aliphatic carbocycles. The van der Waals surface area contributed by atoms with Crippen LogP contribution in [-0.2, 0) is 9.53 Å². The van der Waals surface area contributed by atoms with Gasteiger partial charge in [-0.25, -0.2) is 0 Å². The van der Waals surface area contributed by atoms with Crippen LogP contribution in [-0.4, -0.2) is 72.4 Å². The van der Waals surface area contributed by atoms with Crippen LogP contribution in [0.4, 0.5) is 0 Å². The van der Waals surface area contributed by atoms with Gasteiger partial charge in [0.2, 0.25) is 5.91 Å². The van der Waals surface area contributed by atoms with Crippen molar-refractivity contribution < 1.29 is 14.6 Å². The van der Waals surface area contributed by atoms with Crippen LogP contribution in [0.5, 0.6) is 0 Å². The van der Waals surface area contributed by atoms with Gasteiger partial charge in [0.05, 0.1) is 12.7 Å². The normalized spacial score (nSPS) is 25.9. The smallest absolute Gasteiger partial charge is 0.222 e. The summed E-state index contributed by atoms with van der Waals surface area (Å²) in [6, 6.07) is 0.249. The maximum atomic E-state index is 12.2. The number of carbonyl (C=O) groups is 1. The highest BCUT2D eigenvalue weighted by atomic mass is 16.5. The summed E-state index contributed by atoms with van der Waals surface area (Å²) >= 11 is 0. The molecule has 2 aliphatic rings. The van der Waals surface area contributed by atoms with Crippen molar-refractivity contribution >= 4 is 5.91 Å². The first kappa shape index (κ1) is 15.7. The quantitative estimate of drug-likeness (QED) is 0.786. The Balaban J connectivity index is 1.68. The fourth-order valence-corrected chi connectivity index (χ4v) is 3.15. The molecule has 2 aliphatic heterocycles. The molecule has 2 atom stereocenters. The second-order valence-corrected chi connectivity index (χ2v) is 5.84. The van der Waals surface area contributed by atoms with Crippen molar-refractivity contribution in [1.29, 1.82) is 0 Å². The monoisotopic (exact) mass is 284 g/mol. The number of piperazine rings is 1. The van der Waals surface area contributed by atoms with Crippen molar-refractivity contribution in [3.63, 3.8) is 0 Å². The largest absolute Gasteiger partial charge is 0.395 e. The predicted molar refractivity (Wildman–Crippen MR) is 77.5 cm³/mol. The summed E-state index contributed by atoms with van der Waals surface area (Å²) in [7, 11) is 0. The van der Waals surface area contributed by atoms with Crippen LogP contribution in [0, 0.1) is 0 Å². The highest BCUT2D eigenvalue weighted by Crippen LogP contribution is 2.18. The molecule has 2 unspecified atom stereocenters. The van der Waals surface area contributed by atoms with E-state index in [9.17, 15) is 9.90 Å². The first-order valence-electron chi connectivity index (χ1n) is 7.99. The Bertz CT molecular complexity index is 293. The molecular weight excluding hydrogens is 256 g/mol. The van der Waals surface area contributed by atoms with Crippen LogP contribution >= 0.6 is 0 Å². The first-order chi connectivity index (χ1) is 9.74. The summed E-state index contributed by atoms with van der Waals surface area (Å²) < 4.78 is 5.56. The molecular formula is C15H28N2O3. The molecule has 0 radical (unpaired) electrons. The van der Waals surface area contributed by atoms with E-state index >= 15 is 0 Å². The Hall–Kier alpha value is -0.650. The Labute approximate surface area is 121 Å². The molecule has 0 aromatic carbocycles. The molecule has 0 aromatic heterocycles. The molecule has 2 rings (SSSR count). The van der Waals surface area contributed by atoms with Gasteiger partial charge in [-0.05, 0) is 25.7 Å². The zero-order valence-electron chi connectivity index (χ0n) is 12.6. The second-order valence-electron chi connectivity index (χ2n) is 5.84. The molecule has 0 bridgehead atoms. The topological polar surface area (TPSA) is 53.0 Å². The fourth-order valence-electron chi connectivity index (χ4n) is 3.15. The van der Waals surface area contributed by atoms with Crippen LogP contribution < -0.4 is 0 Å². The second kappa shape index (κ2) is 7.96. The molecule has 2 saturated heterocycles. The van der Waals surface area contributed by atoms with Gasteiger partial charge < -0.3 is 14.7 Å². The lowest BCUT2D eigenvalue weighted by Gasteiger charge is -2.38. The minimum atomic E-state index is 0.212. The Kier molecular flexibility index (Phi) is 6.26. The first-order valence-corrected chi connectivity index (χ1v) is 7.99. The number of aliphatic hydroxyl groups is 1. The number of carbonyl (C=O) groups excluding carboxylic acids is 1. The Morgan fingerprint density at radius 2 is 2.10 bits per heavy atom. The van der Waals surface area contributed by atoms with E-state index in [1.807, 2.05) is 4.90 Å². The summed E-state index contributed by atoms with van der Waals surface area (Å²) in [6.45, 7) is 6.51. The number of ether oxygens (including phenoxy) is 1. The highest BCUT2D eigenvalue weighted by molar-refractivity contribution is 5.76. The number of amides is 1. The molecule has 1 amide bonds. The van der Waals surface area contributed by atoms with Crippen LogP contribution in [0.1, 0.15) is 39.0 Å². The van der Waals surface area contributed by atoms with Crippen LogP contribution in [0.15, 0.2) is 0 Å². The van der Waals surface area contributed by atoms with E-state index in [1.54, 1.807) is 0 Å². The summed E-state index contributed by atoms with van der Waals surface area (Å²) in [6.07, 6.45) is 4.99. The standard InChI is InChI=1S/C15H28N2O3/c1-2-13(12-18)16-7-9-17(10-8-16)15(19)6-5-14-4-3-11-20-14/h13-14,18H,2-12H2,1H3. The van der Waals surface area contributed by atoms with E-state index in [0.29, 0.717) is 12.5 Å². The Morgan fingerprint density at radius 3 is 2.65 bits per heavy atom. The number of hydrogen-bond donors (Lipinski definition) is 1. The Morgan fingerprint density at radius 1 is 1.35 bits per heavy atom. The number of rotatable bonds is 6. The third-order valence-electron chi connectivity index (χ3n) is 4.57. The van der Waals surface area contributed by atoms with Gasteiger partial charge in [0, 0.05) is 45.2 Å². The summed E-state index contributed by atoms with van der Waals surface area (Å²) in [5.74, 6) is 0.261. The van der Waals surface area contributed by atoms with E-state index in [-0.39, 0.29) is 18.6 Å². The zero-order chi connectivity index (χ0) is 14.4. The SMILES string of the molecule is CCC(CO)N1CCN(C(=O)CCC2CCCO2)CC1. The lowest BCUT2D eigenvalue weighted by molar-refractivity contribution is -0.134. The van der Waals surface area contributed by atoms with Gasteiger partial charge in [-0.3, -0.25) is 9.69 Å². The van der Waals surface area contributed by atoms with Gasteiger partial charge >= 0.3 is 0 Å². The van der Waals surface area contributed by atoms with Crippen molar-refractivity contribution in [2.75, 3.05) is 39.4 Å². The van der Waals surface area contributed by atoms with Gasteiger partial charge in [0.25, 0.3) is 0 Å². The molecule has 2 fully saturated rings. The van der Waals surface area contributed by atoms with Crippen molar-refractivity contribution in [2.24, 2.45) is 0 Å². The van der Waals surface area contributed by atoms with Crippen molar-refractivity contribution in [3.05, 3.63) is 0 Å². The average Bonchev–Trinajstić information content (AvgIpc) is 3.00. The van der Waals surface area contributed by atoms with Gasteiger partial charge in [-0.15, -0.1) is 0 Å². The average molecular weight is 284 g/mol. The zero-order valence-corrected chi connectivity index (χ0v) is 12.6. The molecule has 1 N–H and O–H groups in total. The minimum Gasteiger partial charge on any atom is -0.395 e. The van der Waals surface area contributed by atoms with E-state index < -0.39 is 0 Å². The van der Waals surface area contributed by atoms with Crippen molar-refractivity contribution in [3.8, 4) is 0 Å². The highest BCUT2D eigenvalue weighted by Gasteiger charge is 2.25. The van der Waals surface area contributed by atoms with Crippen LogP contribution in [0.25, 0.3) is 0 Å². The van der Waals surface area contributed by atoms with Gasteiger partial charge in [-0.2, -0.15) is 0 Å². The van der Waals surface area contributed by atoms with Crippen molar-refractivity contribution in [2.45, 2.75) is 51.2 Å². The summed E-state index contributed by atoms with van der Waals surface area (Å²) in [4.78, 5) is 16.4. The summed E-state index contributed by atoms with van der Waals surface area (Å²) in [5, 5.41) is 9.32. The molecule has 20 heavy (non-hydrogen) atoms. The molecule has 2 heterocycles. The maximum absolute atomic E-state index is 12.2. The molecule has 116 valence electrons. The lowest BCUT2D eigenvalue weighted by Crippen LogP contribution is -2.52. The molecule has 5 nitrogen and oxygen atoms in total. The van der Waals surface area contributed by atoms with Gasteiger partial charge in [0.1, 0.15) is 0 Å². The third kappa shape index (κ3) is 4.17. The fraction of sp³-hybridized carbons (Fsp3) is 0.933. The number of hydrogen-bond acceptors (Lipinski definition) is 4. The van der Waals surface area contributed by atoms with Crippen molar-refractivity contribution in [1.82, 2.24) is 9.80 Å². The minimum absolute atomic E-state index is 0.212. The van der Waals surface area contributed by atoms with E-state index in [2.05, 4.69) is 11.8 Å². The molecule has 0 aromatic rings. The summed E-state index contributed by atoms with van der Waals surface area (Å²) in [5.41, 5.74) is 0. The van der Waals surface area contributed by atoms with E-state index in [0.717, 1.165) is 58.5 Å². The maximum Gasteiger partial charge on any atom is 0.222 e. The van der Waals surface area contributed by atoms with Crippen LogP contribution in [0.2, 0.25) is 0 Å². The van der Waals surface area contributed by atoms with Crippen LogP contribution in [0.3, 0.4) is 0 Å². The van der Waals surface area contributed by atoms with E-state index in [1.165, 1.54) is 0 Å². The molecule has 0 spiro atoms. The van der Waals surface area contributed by atoms with Gasteiger partial charge in [-0.1, -0.05) is 6.92 Å². The number of nitrogens with zero attached hydrogens (tertiary/aromatic N) is 2.